The fraction of sp³-hybridized carbons (Fsp3) is 0.714. The Balaban J connectivity index is 3.53. The van der Waals surface area contributed by atoms with Crippen LogP contribution in [0.2, 0.25) is 0 Å². The highest BCUT2D eigenvalue weighted by atomic mass is 14.7. The molecule has 0 spiro atoms. The zero-order chi connectivity index (χ0) is 6.62. The molecule has 0 radical (unpaired) electrons. The van der Waals surface area contributed by atoms with Crippen molar-refractivity contribution < 1.29 is 0 Å². The van der Waals surface area contributed by atoms with Crippen LogP contribution in [-0.4, -0.2) is 5.54 Å². The lowest BCUT2D eigenvalue weighted by Crippen LogP contribution is -2.34. The molecule has 0 rings (SSSR count). The third-order valence-corrected chi connectivity index (χ3v) is 1.42. The minimum atomic E-state index is -0.0260. The summed E-state index contributed by atoms with van der Waals surface area (Å²) in [6, 6.07) is 0. The molecule has 0 aliphatic heterocycles. The van der Waals surface area contributed by atoms with Crippen molar-refractivity contribution >= 4 is 0 Å². The maximum absolute atomic E-state index is 5.76. The van der Waals surface area contributed by atoms with Gasteiger partial charge >= 0.3 is 0 Å². The summed E-state index contributed by atoms with van der Waals surface area (Å²) in [5.41, 5.74) is 5.73. The molecule has 0 aliphatic carbocycles. The lowest BCUT2D eigenvalue weighted by molar-refractivity contribution is 0.459. The Labute approximate surface area is 51.6 Å². The number of nitrogens with two attached hydrogens (primary N) is 1. The Hall–Kier alpha value is -0.300. The van der Waals surface area contributed by atoms with Crippen molar-refractivity contribution in [2.24, 2.45) is 5.73 Å². The molecule has 48 valence electrons. The van der Waals surface area contributed by atoms with Crippen LogP contribution in [0.25, 0.3) is 0 Å². The van der Waals surface area contributed by atoms with E-state index in [-0.39, 0.29) is 5.54 Å². The molecular formula is C7H15N. The Kier molecular flexibility index (Phi) is 2.77. The van der Waals surface area contributed by atoms with E-state index in [2.05, 4.69) is 13.5 Å². The van der Waals surface area contributed by atoms with Gasteiger partial charge in [-0.25, -0.2) is 0 Å². The first-order valence-electron chi connectivity index (χ1n) is 3.02. The summed E-state index contributed by atoms with van der Waals surface area (Å²) in [6.45, 7) is 7.74. The molecule has 8 heavy (non-hydrogen) atoms. The van der Waals surface area contributed by atoms with Crippen molar-refractivity contribution in [1.82, 2.24) is 0 Å². The summed E-state index contributed by atoms with van der Waals surface area (Å²) in [4.78, 5) is 0. The Morgan fingerprint density at radius 1 is 1.75 bits per heavy atom. The molecule has 0 aromatic rings. The van der Waals surface area contributed by atoms with Gasteiger partial charge in [0.2, 0.25) is 0 Å². The maximum Gasteiger partial charge on any atom is 0.0157 e. The molecule has 1 atom stereocenters. The third kappa shape index (κ3) is 2.80. The van der Waals surface area contributed by atoms with Crippen molar-refractivity contribution in [1.29, 1.82) is 0 Å². The van der Waals surface area contributed by atoms with E-state index in [1.807, 2.05) is 13.0 Å². The summed E-state index contributed by atoms with van der Waals surface area (Å²) in [6.07, 6.45) is 3.78. The number of hydrogen-bond donors (Lipinski definition) is 1. The summed E-state index contributed by atoms with van der Waals surface area (Å²) >= 11 is 0. The predicted molar refractivity (Wildman–Crippen MR) is 37.7 cm³/mol. The average Bonchev–Trinajstić information content (AvgIpc) is 1.67. The van der Waals surface area contributed by atoms with Crippen LogP contribution < -0.4 is 5.73 Å². The van der Waals surface area contributed by atoms with Crippen LogP contribution in [-0.2, 0) is 0 Å². The fourth-order valence-corrected chi connectivity index (χ4v) is 0.474. The van der Waals surface area contributed by atoms with Crippen LogP contribution >= 0.6 is 0 Å². The topological polar surface area (TPSA) is 26.0 Å². The molecule has 0 aromatic carbocycles. The van der Waals surface area contributed by atoms with Crippen molar-refractivity contribution in [2.75, 3.05) is 0 Å². The molecule has 0 fully saturated rings. The summed E-state index contributed by atoms with van der Waals surface area (Å²) in [7, 11) is 0. The van der Waals surface area contributed by atoms with E-state index >= 15 is 0 Å². The minimum absolute atomic E-state index is 0.0260. The van der Waals surface area contributed by atoms with Crippen LogP contribution in [0.15, 0.2) is 12.7 Å². The quantitative estimate of drug-likeness (QED) is 0.554. The molecule has 0 saturated heterocycles. The molecule has 0 aromatic heterocycles. The summed E-state index contributed by atoms with van der Waals surface area (Å²) in [5.74, 6) is 0. The van der Waals surface area contributed by atoms with Crippen LogP contribution in [0.5, 0.6) is 0 Å². The fourth-order valence-electron chi connectivity index (χ4n) is 0.474. The average molecular weight is 113 g/mol. The lowest BCUT2D eigenvalue weighted by Gasteiger charge is -2.19. The second-order valence-corrected chi connectivity index (χ2v) is 2.50. The first kappa shape index (κ1) is 7.70. The molecule has 0 amide bonds. The van der Waals surface area contributed by atoms with Crippen molar-refractivity contribution in [2.45, 2.75) is 32.2 Å². The van der Waals surface area contributed by atoms with Crippen LogP contribution in [0.4, 0.5) is 0 Å². The largest absolute Gasteiger partial charge is 0.325 e. The van der Waals surface area contributed by atoms with E-state index < -0.39 is 0 Å². The number of hydrogen-bond acceptors (Lipinski definition) is 1. The van der Waals surface area contributed by atoms with Crippen LogP contribution in [0.1, 0.15) is 26.7 Å². The van der Waals surface area contributed by atoms with E-state index in [1.54, 1.807) is 0 Å². The standard InChI is InChI=1S/C7H15N/c1-4-6-7(3,8)5-2/h4H,1,5-6,8H2,2-3H3. The van der Waals surface area contributed by atoms with Crippen molar-refractivity contribution in [3.05, 3.63) is 12.7 Å². The van der Waals surface area contributed by atoms with Gasteiger partial charge in [0, 0.05) is 5.54 Å². The second kappa shape index (κ2) is 2.88. The highest BCUT2D eigenvalue weighted by molar-refractivity contribution is 4.85. The van der Waals surface area contributed by atoms with Gasteiger partial charge in [-0.15, -0.1) is 6.58 Å². The van der Waals surface area contributed by atoms with Gasteiger partial charge in [-0.05, 0) is 19.8 Å². The Bertz CT molecular complexity index is 74.5. The minimum Gasteiger partial charge on any atom is -0.325 e. The Morgan fingerprint density at radius 3 is 2.38 bits per heavy atom. The SMILES string of the molecule is C=CCC(C)(N)CC. The van der Waals surface area contributed by atoms with Crippen molar-refractivity contribution in [3.63, 3.8) is 0 Å². The molecule has 0 heterocycles. The predicted octanol–water partition coefficient (Wildman–Crippen LogP) is 1.69. The van der Waals surface area contributed by atoms with E-state index in [1.165, 1.54) is 0 Å². The highest BCUT2D eigenvalue weighted by Gasteiger charge is 2.11. The van der Waals surface area contributed by atoms with Gasteiger partial charge in [0.25, 0.3) is 0 Å². The van der Waals surface area contributed by atoms with Crippen molar-refractivity contribution in [3.8, 4) is 0 Å². The van der Waals surface area contributed by atoms with E-state index in [9.17, 15) is 0 Å². The number of rotatable bonds is 3. The molecule has 2 N–H and O–H groups in total. The maximum atomic E-state index is 5.76. The first-order valence-corrected chi connectivity index (χ1v) is 3.02. The second-order valence-electron chi connectivity index (χ2n) is 2.50. The summed E-state index contributed by atoms with van der Waals surface area (Å²) in [5, 5.41) is 0. The van der Waals surface area contributed by atoms with Gasteiger partial charge in [-0.3, -0.25) is 0 Å². The molecule has 1 unspecified atom stereocenters. The summed E-state index contributed by atoms with van der Waals surface area (Å²) < 4.78 is 0. The normalized spacial score (nSPS) is 17.4. The van der Waals surface area contributed by atoms with E-state index in [0.717, 1.165) is 12.8 Å². The monoisotopic (exact) mass is 113 g/mol. The van der Waals surface area contributed by atoms with Crippen LogP contribution in [0, 0.1) is 0 Å². The van der Waals surface area contributed by atoms with E-state index in [0.29, 0.717) is 0 Å². The van der Waals surface area contributed by atoms with Gasteiger partial charge in [-0.1, -0.05) is 13.0 Å². The van der Waals surface area contributed by atoms with E-state index in [4.69, 9.17) is 5.73 Å². The zero-order valence-electron chi connectivity index (χ0n) is 5.78. The smallest absolute Gasteiger partial charge is 0.0157 e. The lowest BCUT2D eigenvalue weighted by atomic mass is 9.96. The van der Waals surface area contributed by atoms with Gasteiger partial charge in [0.05, 0.1) is 0 Å². The molecule has 1 heteroatoms. The molecule has 0 aliphatic rings. The van der Waals surface area contributed by atoms with Gasteiger partial charge < -0.3 is 5.73 Å². The third-order valence-electron chi connectivity index (χ3n) is 1.42. The molecule has 1 nitrogen and oxygen atoms in total. The highest BCUT2D eigenvalue weighted by Crippen LogP contribution is 2.09. The first-order chi connectivity index (χ1) is 3.62. The van der Waals surface area contributed by atoms with Crippen LogP contribution in [0.3, 0.4) is 0 Å². The Morgan fingerprint density at radius 2 is 2.25 bits per heavy atom. The zero-order valence-corrected chi connectivity index (χ0v) is 5.78. The van der Waals surface area contributed by atoms with Gasteiger partial charge in [0.15, 0.2) is 0 Å². The molecule has 0 bridgehead atoms. The van der Waals surface area contributed by atoms with Gasteiger partial charge in [-0.2, -0.15) is 0 Å². The molecular weight excluding hydrogens is 98.1 g/mol. The molecule has 0 saturated carbocycles. The van der Waals surface area contributed by atoms with Gasteiger partial charge in [0.1, 0.15) is 0 Å².